The van der Waals surface area contributed by atoms with Gasteiger partial charge in [-0.15, -0.1) is 0 Å². The van der Waals surface area contributed by atoms with Crippen LogP contribution in [0.2, 0.25) is 0 Å². The zero-order valence-electron chi connectivity index (χ0n) is 12.5. The van der Waals surface area contributed by atoms with E-state index in [0.717, 1.165) is 30.7 Å². The van der Waals surface area contributed by atoms with E-state index in [2.05, 4.69) is 44.2 Å². The summed E-state index contributed by atoms with van der Waals surface area (Å²) in [7, 11) is 0. The first-order valence-electron chi connectivity index (χ1n) is 7.31. The summed E-state index contributed by atoms with van der Waals surface area (Å²) in [5.74, 6) is 0. The van der Waals surface area contributed by atoms with Crippen molar-refractivity contribution in [1.82, 2.24) is 19.9 Å². The van der Waals surface area contributed by atoms with Crippen molar-refractivity contribution in [2.75, 3.05) is 11.9 Å². The molecule has 0 bridgehead atoms. The van der Waals surface area contributed by atoms with Gasteiger partial charge in [0.1, 0.15) is 0 Å². The number of benzene rings is 1. The Morgan fingerprint density at radius 2 is 2.27 bits per heavy atom. The van der Waals surface area contributed by atoms with Gasteiger partial charge in [-0.2, -0.15) is 0 Å². The molecule has 6 heteroatoms. The van der Waals surface area contributed by atoms with Crippen LogP contribution in [0.15, 0.2) is 43.0 Å². The minimum absolute atomic E-state index is 0.647. The maximum Gasteiger partial charge on any atom is 0.170 e. The molecule has 2 heterocycles. The number of rotatable bonds is 5. The second-order valence-corrected chi connectivity index (χ2v) is 5.65. The van der Waals surface area contributed by atoms with Gasteiger partial charge in [-0.1, -0.05) is 6.07 Å². The fraction of sp³-hybridized carbons (Fsp3) is 0.250. The van der Waals surface area contributed by atoms with Crippen molar-refractivity contribution >= 4 is 33.9 Å². The number of nitrogens with zero attached hydrogens (tertiary/aromatic N) is 2. The Bertz CT molecular complexity index is 774. The molecule has 3 aromatic rings. The molecule has 0 fully saturated rings. The van der Waals surface area contributed by atoms with E-state index >= 15 is 0 Å². The molecule has 114 valence electrons. The van der Waals surface area contributed by atoms with Gasteiger partial charge in [-0.05, 0) is 49.1 Å². The number of fused-ring (bicyclic) bond motifs is 1. The maximum atomic E-state index is 5.33. The quantitative estimate of drug-likeness (QED) is 0.500. The van der Waals surface area contributed by atoms with Crippen LogP contribution in [0.3, 0.4) is 0 Å². The lowest BCUT2D eigenvalue weighted by atomic mass is 10.2. The van der Waals surface area contributed by atoms with Crippen molar-refractivity contribution in [3.63, 3.8) is 0 Å². The summed E-state index contributed by atoms with van der Waals surface area (Å²) < 4.78 is 2.14. The highest BCUT2D eigenvalue weighted by molar-refractivity contribution is 7.80. The Kier molecular flexibility index (Phi) is 4.39. The van der Waals surface area contributed by atoms with Crippen LogP contribution in [0.1, 0.15) is 12.1 Å². The van der Waals surface area contributed by atoms with E-state index in [1.807, 2.05) is 30.9 Å². The SMILES string of the molecule is Cc1cncn1CCCNC(=S)Nc1ccc2cc[nH]c2c1. The lowest BCUT2D eigenvalue weighted by Gasteiger charge is -2.11. The minimum Gasteiger partial charge on any atom is -0.362 e. The van der Waals surface area contributed by atoms with Crippen molar-refractivity contribution in [3.8, 4) is 0 Å². The normalized spacial score (nSPS) is 10.8. The van der Waals surface area contributed by atoms with Crippen LogP contribution in [-0.4, -0.2) is 26.2 Å². The topological polar surface area (TPSA) is 57.7 Å². The van der Waals surface area contributed by atoms with Crippen molar-refractivity contribution in [2.45, 2.75) is 19.9 Å². The zero-order valence-corrected chi connectivity index (χ0v) is 13.3. The van der Waals surface area contributed by atoms with Crippen molar-refractivity contribution < 1.29 is 0 Å². The average Bonchev–Trinajstić information content (AvgIpc) is 3.12. The number of H-pyrrole nitrogens is 1. The number of aromatic nitrogens is 3. The van der Waals surface area contributed by atoms with Gasteiger partial charge in [0.25, 0.3) is 0 Å². The van der Waals surface area contributed by atoms with E-state index in [9.17, 15) is 0 Å². The third-order valence-corrected chi connectivity index (χ3v) is 3.84. The molecule has 0 amide bonds. The van der Waals surface area contributed by atoms with Gasteiger partial charge in [0, 0.05) is 42.4 Å². The van der Waals surface area contributed by atoms with E-state index in [1.165, 1.54) is 11.1 Å². The predicted molar refractivity (Wildman–Crippen MR) is 94.1 cm³/mol. The molecule has 0 saturated carbocycles. The van der Waals surface area contributed by atoms with Gasteiger partial charge < -0.3 is 20.2 Å². The smallest absolute Gasteiger partial charge is 0.170 e. The fourth-order valence-electron chi connectivity index (χ4n) is 2.37. The lowest BCUT2D eigenvalue weighted by Crippen LogP contribution is -2.29. The van der Waals surface area contributed by atoms with Crippen molar-refractivity contribution in [3.05, 3.63) is 48.7 Å². The van der Waals surface area contributed by atoms with E-state index in [4.69, 9.17) is 12.2 Å². The first-order valence-corrected chi connectivity index (χ1v) is 7.72. The Balaban J connectivity index is 1.45. The third kappa shape index (κ3) is 3.46. The minimum atomic E-state index is 0.647. The van der Waals surface area contributed by atoms with Crippen LogP contribution in [0.4, 0.5) is 5.69 Å². The zero-order chi connectivity index (χ0) is 15.4. The van der Waals surface area contributed by atoms with E-state index < -0.39 is 0 Å². The van der Waals surface area contributed by atoms with E-state index in [-0.39, 0.29) is 0 Å². The molecule has 0 spiro atoms. The highest BCUT2D eigenvalue weighted by atomic mass is 32.1. The molecule has 0 aliphatic rings. The number of imidazole rings is 1. The Labute approximate surface area is 134 Å². The van der Waals surface area contributed by atoms with Gasteiger partial charge in [0.15, 0.2) is 5.11 Å². The Morgan fingerprint density at radius 1 is 1.36 bits per heavy atom. The van der Waals surface area contributed by atoms with Gasteiger partial charge in [0.2, 0.25) is 0 Å². The number of anilines is 1. The third-order valence-electron chi connectivity index (χ3n) is 3.59. The molecule has 3 rings (SSSR count). The average molecular weight is 313 g/mol. The summed E-state index contributed by atoms with van der Waals surface area (Å²) in [6.07, 6.45) is 6.66. The van der Waals surface area contributed by atoms with Crippen LogP contribution in [-0.2, 0) is 6.54 Å². The van der Waals surface area contributed by atoms with Gasteiger partial charge >= 0.3 is 0 Å². The van der Waals surface area contributed by atoms with Crippen LogP contribution < -0.4 is 10.6 Å². The van der Waals surface area contributed by atoms with Crippen LogP contribution in [0, 0.1) is 6.92 Å². The molecule has 0 atom stereocenters. The van der Waals surface area contributed by atoms with Crippen LogP contribution in [0.25, 0.3) is 10.9 Å². The maximum absolute atomic E-state index is 5.33. The van der Waals surface area contributed by atoms with Gasteiger partial charge in [-0.25, -0.2) is 4.98 Å². The van der Waals surface area contributed by atoms with E-state index in [1.54, 1.807) is 0 Å². The number of nitrogens with one attached hydrogen (secondary N) is 3. The standard InChI is InChI=1S/C16H19N5S/c1-12-10-17-11-21(12)8-2-6-19-16(22)20-14-4-3-13-5-7-18-15(13)9-14/h3-5,7,9-11,18H,2,6,8H2,1H3,(H2,19,20,22). The molecule has 1 aromatic carbocycles. The molecule has 22 heavy (non-hydrogen) atoms. The summed E-state index contributed by atoms with van der Waals surface area (Å²) in [6.45, 7) is 3.83. The number of aromatic amines is 1. The van der Waals surface area contributed by atoms with Gasteiger partial charge in [0.05, 0.1) is 6.33 Å². The molecule has 2 aromatic heterocycles. The van der Waals surface area contributed by atoms with Crippen LogP contribution in [0.5, 0.6) is 0 Å². The molecular weight excluding hydrogens is 294 g/mol. The number of thiocarbonyl (C=S) groups is 1. The van der Waals surface area contributed by atoms with Crippen molar-refractivity contribution in [2.24, 2.45) is 0 Å². The first-order chi connectivity index (χ1) is 10.7. The van der Waals surface area contributed by atoms with Crippen molar-refractivity contribution in [1.29, 1.82) is 0 Å². The number of hydrogen-bond acceptors (Lipinski definition) is 2. The Hall–Kier alpha value is -2.34. The molecule has 3 N–H and O–H groups in total. The van der Waals surface area contributed by atoms with Gasteiger partial charge in [-0.3, -0.25) is 0 Å². The van der Waals surface area contributed by atoms with E-state index in [0.29, 0.717) is 5.11 Å². The Morgan fingerprint density at radius 3 is 3.09 bits per heavy atom. The molecule has 0 aliphatic carbocycles. The molecular formula is C16H19N5S. The molecule has 0 saturated heterocycles. The number of hydrogen-bond donors (Lipinski definition) is 3. The highest BCUT2D eigenvalue weighted by Crippen LogP contribution is 2.17. The summed E-state index contributed by atoms with van der Waals surface area (Å²) in [4.78, 5) is 7.31. The lowest BCUT2D eigenvalue weighted by molar-refractivity contribution is 0.620. The monoisotopic (exact) mass is 313 g/mol. The number of aryl methyl sites for hydroxylation is 2. The van der Waals surface area contributed by atoms with Crippen LogP contribution >= 0.6 is 12.2 Å². The summed E-state index contributed by atoms with van der Waals surface area (Å²) in [5, 5.41) is 8.28. The fourth-order valence-corrected chi connectivity index (χ4v) is 2.59. The molecule has 0 aliphatic heterocycles. The predicted octanol–water partition coefficient (Wildman–Crippen LogP) is 3.05. The largest absolute Gasteiger partial charge is 0.362 e. The second-order valence-electron chi connectivity index (χ2n) is 5.24. The summed E-state index contributed by atoms with van der Waals surface area (Å²) >= 11 is 5.33. The summed E-state index contributed by atoms with van der Waals surface area (Å²) in [6, 6.07) is 8.20. The molecule has 0 unspecified atom stereocenters. The second kappa shape index (κ2) is 6.62. The summed E-state index contributed by atoms with van der Waals surface area (Å²) in [5.41, 5.74) is 3.27. The highest BCUT2D eigenvalue weighted by Gasteiger charge is 2.00. The first kappa shape index (κ1) is 14.6. The molecule has 0 radical (unpaired) electrons. The molecule has 5 nitrogen and oxygen atoms in total.